The third-order valence-electron chi connectivity index (χ3n) is 4.59. The highest BCUT2D eigenvalue weighted by Gasteiger charge is 2.13. The molecule has 3 rings (SSSR count). The van der Waals surface area contributed by atoms with E-state index in [1.807, 2.05) is 91.4 Å². The molecule has 0 aliphatic rings. The molecule has 0 saturated carbocycles. The Morgan fingerprint density at radius 2 is 1.72 bits per heavy atom. The largest absolute Gasteiger partial charge is 0.494 e. The number of rotatable bonds is 9. The average Bonchev–Trinajstić information content (AvgIpc) is 3.19. The van der Waals surface area contributed by atoms with Gasteiger partial charge in [-0.05, 0) is 43.8 Å². The molecule has 1 aromatic heterocycles. The molecule has 0 N–H and O–H groups in total. The van der Waals surface area contributed by atoms with Gasteiger partial charge in [0.1, 0.15) is 5.75 Å². The second kappa shape index (κ2) is 9.89. The van der Waals surface area contributed by atoms with Crippen molar-refractivity contribution in [3.8, 4) is 11.4 Å². The van der Waals surface area contributed by atoms with E-state index in [9.17, 15) is 4.79 Å². The van der Waals surface area contributed by atoms with Gasteiger partial charge < -0.3 is 9.64 Å². The monoisotopic (exact) mass is 392 g/mol. The predicted molar refractivity (Wildman–Crippen MR) is 114 cm³/mol. The number of aromatic nitrogens is 2. The topological polar surface area (TPSA) is 50.6 Å². The maximum absolute atomic E-state index is 12.6. The van der Waals surface area contributed by atoms with Crippen molar-refractivity contribution in [2.24, 2.45) is 0 Å². The number of amides is 1. The fraction of sp³-hybridized carbons (Fsp3) is 0.304. The Morgan fingerprint density at radius 3 is 2.41 bits per heavy atom. The summed E-state index contributed by atoms with van der Waals surface area (Å²) in [5, 5.41) is 4.39. The molecule has 0 aliphatic carbocycles. The van der Waals surface area contributed by atoms with E-state index < -0.39 is 0 Å². The Labute approximate surface area is 172 Å². The molecular weight excluding hydrogens is 364 g/mol. The minimum atomic E-state index is 0.0749. The molecule has 152 valence electrons. The van der Waals surface area contributed by atoms with E-state index in [0.29, 0.717) is 26.2 Å². The number of carbonyl (C=O) groups is 1. The molecule has 29 heavy (non-hydrogen) atoms. The lowest BCUT2D eigenvalue weighted by atomic mass is 10.2. The SMILES string of the molecule is CCOc1ccc(CN(C)CC(=O)N(C)Cc2cnn(-c3ccccc3)c2)cc1. The van der Waals surface area contributed by atoms with Crippen molar-refractivity contribution >= 4 is 5.91 Å². The Hall–Kier alpha value is -3.12. The zero-order valence-corrected chi connectivity index (χ0v) is 17.3. The smallest absolute Gasteiger partial charge is 0.236 e. The van der Waals surface area contributed by atoms with Crippen LogP contribution in [0.2, 0.25) is 0 Å². The fourth-order valence-corrected chi connectivity index (χ4v) is 3.10. The third-order valence-corrected chi connectivity index (χ3v) is 4.59. The molecule has 0 radical (unpaired) electrons. The molecule has 0 fully saturated rings. The second-order valence-corrected chi connectivity index (χ2v) is 7.13. The first-order valence-corrected chi connectivity index (χ1v) is 9.78. The van der Waals surface area contributed by atoms with Crippen molar-refractivity contribution in [2.45, 2.75) is 20.0 Å². The molecule has 0 bridgehead atoms. The van der Waals surface area contributed by atoms with E-state index in [1.54, 1.807) is 11.1 Å². The van der Waals surface area contributed by atoms with Crippen molar-refractivity contribution in [3.63, 3.8) is 0 Å². The molecule has 0 atom stereocenters. The summed E-state index contributed by atoms with van der Waals surface area (Å²) in [7, 11) is 3.78. The number of ether oxygens (including phenoxy) is 1. The summed E-state index contributed by atoms with van der Waals surface area (Å²) in [4.78, 5) is 16.4. The normalized spacial score (nSPS) is 10.9. The second-order valence-electron chi connectivity index (χ2n) is 7.13. The Morgan fingerprint density at radius 1 is 1.00 bits per heavy atom. The van der Waals surface area contributed by atoms with Crippen molar-refractivity contribution in [2.75, 3.05) is 27.2 Å². The molecule has 0 aliphatic heterocycles. The van der Waals surface area contributed by atoms with Gasteiger partial charge >= 0.3 is 0 Å². The predicted octanol–water partition coefficient (Wildman–Crippen LogP) is 3.36. The van der Waals surface area contributed by atoms with Gasteiger partial charge in [-0.25, -0.2) is 4.68 Å². The van der Waals surface area contributed by atoms with E-state index in [4.69, 9.17) is 4.74 Å². The first-order valence-electron chi connectivity index (χ1n) is 9.78. The van der Waals surface area contributed by atoms with Crippen LogP contribution < -0.4 is 4.74 Å². The summed E-state index contributed by atoms with van der Waals surface area (Å²) in [6, 6.07) is 17.9. The van der Waals surface area contributed by atoms with Crippen LogP contribution in [0.1, 0.15) is 18.1 Å². The van der Waals surface area contributed by atoms with E-state index in [2.05, 4.69) is 5.10 Å². The van der Waals surface area contributed by atoms with Gasteiger partial charge in [-0.15, -0.1) is 0 Å². The molecule has 6 nitrogen and oxygen atoms in total. The summed E-state index contributed by atoms with van der Waals surface area (Å²) >= 11 is 0. The van der Waals surface area contributed by atoms with E-state index in [1.165, 1.54) is 0 Å². The summed E-state index contributed by atoms with van der Waals surface area (Å²) in [6.45, 7) is 4.22. The molecule has 1 heterocycles. The summed E-state index contributed by atoms with van der Waals surface area (Å²) in [5.41, 5.74) is 3.15. The molecule has 1 amide bonds. The van der Waals surface area contributed by atoms with Crippen LogP contribution in [0.25, 0.3) is 5.69 Å². The molecule has 3 aromatic rings. The highest BCUT2D eigenvalue weighted by Crippen LogP contribution is 2.14. The lowest BCUT2D eigenvalue weighted by molar-refractivity contribution is -0.131. The first-order chi connectivity index (χ1) is 14.0. The van der Waals surface area contributed by atoms with E-state index in [0.717, 1.165) is 22.6 Å². The molecule has 0 spiro atoms. The molecule has 6 heteroatoms. The Bertz CT molecular complexity index is 906. The number of para-hydroxylation sites is 1. The maximum Gasteiger partial charge on any atom is 0.236 e. The minimum Gasteiger partial charge on any atom is -0.494 e. The van der Waals surface area contributed by atoms with Gasteiger partial charge in [-0.3, -0.25) is 9.69 Å². The Balaban J connectivity index is 1.50. The third kappa shape index (κ3) is 5.93. The summed E-state index contributed by atoms with van der Waals surface area (Å²) in [6.07, 6.45) is 3.77. The van der Waals surface area contributed by atoms with Crippen molar-refractivity contribution < 1.29 is 9.53 Å². The van der Waals surface area contributed by atoms with Crippen LogP contribution in [0, 0.1) is 0 Å². The molecular formula is C23H28N4O2. The van der Waals surface area contributed by atoms with Crippen LogP contribution in [0.5, 0.6) is 5.75 Å². The molecule has 0 saturated heterocycles. The van der Waals surface area contributed by atoms with Crippen LogP contribution in [0.4, 0.5) is 0 Å². The summed E-state index contributed by atoms with van der Waals surface area (Å²) < 4.78 is 7.29. The van der Waals surface area contributed by atoms with Crippen molar-refractivity contribution in [1.82, 2.24) is 19.6 Å². The van der Waals surface area contributed by atoms with Crippen molar-refractivity contribution in [1.29, 1.82) is 0 Å². The minimum absolute atomic E-state index is 0.0749. The number of hydrogen-bond donors (Lipinski definition) is 0. The number of carbonyl (C=O) groups excluding carboxylic acids is 1. The highest BCUT2D eigenvalue weighted by atomic mass is 16.5. The van der Waals surface area contributed by atoms with Crippen LogP contribution in [0.3, 0.4) is 0 Å². The van der Waals surface area contributed by atoms with Gasteiger partial charge in [0.25, 0.3) is 0 Å². The van der Waals surface area contributed by atoms with Gasteiger partial charge in [-0.1, -0.05) is 30.3 Å². The van der Waals surface area contributed by atoms with E-state index in [-0.39, 0.29) is 5.91 Å². The lowest BCUT2D eigenvalue weighted by Crippen LogP contribution is -2.35. The van der Waals surface area contributed by atoms with Crippen LogP contribution in [-0.4, -0.2) is 52.7 Å². The van der Waals surface area contributed by atoms with Crippen molar-refractivity contribution in [3.05, 3.63) is 78.1 Å². The van der Waals surface area contributed by atoms with Crippen LogP contribution in [0.15, 0.2) is 67.0 Å². The number of likely N-dealkylation sites (N-methyl/N-ethyl adjacent to an activating group) is 2. The van der Waals surface area contributed by atoms with Crippen LogP contribution >= 0.6 is 0 Å². The number of nitrogens with zero attached hydrogens (tertiary/aromatic N) is 4. The van der Waals surface area contributed by atoms with Gasteiger partial charge in [-0.2, -0.15) is 5.10 Å². The quantitative estimate of drug-likeness (QED) is 0.560. The number of hydrogen-bond acceptors (Lipinski definition) is 4. The van der Waals surface area contributed by atoms with Crippen LogP contribution in [-0.2, 0) is 17.9 Å². The van der Waals surface area contributed by atoms with Gasteiger partial charge in [0.05, 0.1) is 25.0 Å². The molecule has 0 unspecified atom stereocenters. The lowest BCUT2D eigenvalue weighted by Gasteiger charge is -2.21. The fourth-order valence-electron chi connectivity index (χ4n) is 3.10. The van der Waals surface area contributed by atoms with Gasteiger partial charge in [0.15, 0.2) is 0 Å². The van der Waals surface area contributed by atoms with Gasteiger partial charge in [0, 0.05) is 31.9 Å². The zero-order valence-electron chi connectivity index (χ0n) is 17.3. The standard InChI is InChI=1S/C23H28N4O2/c1-4-29-22-12-10-19(11-13-22)15-25(2)18-23(28)26(3)16-20-14-24-27(17-20)21-8-6-5-7-9-21/h5-14,17H,4,15-16,18H2,1-3H3. The molecule has 2 aromatic carbocycles. The summed E-state index contributed by atoms with van der Waals surface area (Å²) in [5.74, 6) is 0.941. The number of benzene rings is 2. The maximum atomic E-state index is 12.6. The average molecular weight is 393 g/mol. The first kappa shape index (κ1) is 20.6. The Kier molecular flexibility index (Phi) is 7.03. The van der Waals surface area contributed by atoms with Gasteiger partial charge in [0.2, 0.25) is 5.91 Å². The zero-order chi connectivity index (χ0) is 20.6. The van der Waals surface area contributed by atoms with E-state index >= 15 is 0 Å². The highest BCUT2D eigenvalue weighted by molar-refractivity contribution is 5.77.